The molecule has 0 radical (unpaired) electrons. The molecular weight excluding hydrogens is 172 g/mol. The maximum Gasteiger partial charge on any atom is 0.335 e. The molecule has 5 nitrogen and oxygen atoms in total. The molecule has 0 atom stereocenters. The molecule has 2 N–H and O–H groups in total. The molecule has 1 aliphatic rings. The van der Waals surface area contributed by atoms with E-state index in [9.17, 15) is 4.79 Å². The first-order valence-corrected chi connectivity index (χ1v) is 3.59. The van der Waals surface area contributed by atoms with Crippen molar-refractivity contribution >= 4 is 18.1 Å². The first-order chi connectivity index (χ1) is 6.27. The number of carbonyl (C=O) groups is 1. The van der Waals surface area contributed by atoms with E-state index in [1.54, 1.807) is 6.07 Å². The molecule has 0 aliphatic carbocycles. The van der Waals surface area contributed by atoms with Gasteiger partial charge in [-0.05, 0) is 18.2 Å². The lowest BCUT2D eigenvalue weighted by molar-refractivity contribution is 0.0696. The van der Waals surface area contributed by atoms with Gasteiger partial charge in [0.2, 0.25) is 0 Å². The van der Waals surface area contributed by atoms with E-state index < -0.39 is 5.97 Å². The molecule has 0 bridgehead atoms. The predicted octanol–water partition coefficient (Wildman–Crippen LogP) is 1.13. The Morgan fingerprint density at radius 3 is 3.15 bits per heavy atom. The molecule has 5 heteroatoms. The van der Waals surface area contributed by atoms with Crippen LogP contribution in [0.5, 0.6) is 5.75 Å². The molecule has 0 fully saturated rings. The Hall–Kier alpha value is -2.04. The summed E-state index contributed by atoms with van der Waals surface area (Å²) in [5, 5.41) is 12.3. The number of fused-ring (bicyclic) bond motifs is 1. The number of hydrazone groups is 1. The van der Waals surface area contributed by atoms with E-state index in [1.807, 2.05) is 0 Å². The zero-order chi connectivity index (χ0) is 9.26. The van der Waals surface area contributed by atoms with Gasteiger partial charge in [-0.3, -0.25) is 5.43 Å². The highest BCUT2D eigenvalue weighted by atomic mass is 16.5. The fourth-order valence-electron chi connectivity index (χ4n) is 1.02. The van der Waals surface area contributed by atoms with Gasteiger partial charge in [0, 0.05) is 0 Å². The lowest BCUT2D eigenvalue weighted by Crippen LogP contribution is -2.05. The summed E-state index contributed by atoms with van der Waals surface area (Å²) in [6.45, 7) is 0. The number of benzene rings is 1. The molecule has 0 aromatic heterocycles. The number of anilines is 1. The number of aromatic carboxylic acids is 1. The minimum atomic E-state index is -0.978. The average Bonchev–Trinajstić information content (AvgIpc) is 2.17. The highest BCUT2D eigenvalue weighted by molar-refractivity contribution is 5.89. The minimum absolute atomic E-state index is 0.191. The van der Waals surface area contributed by atoms with E-state index >= 15 is 0 Å². The van der Waals surface area contributed by atoms with Crippen LogP contribution in [0.15, 0.2) is 23.3 Å². The summed E-state index contributed by atoms with van der Waals surface area (Å²) in [5.41, 5.74) is 3.53. The number of ether oxygens (including phenoxy) is 1. The Morgan fingerprint density at radius 2 is 2.38 bits per heavy atom. The predicted molar refractivity (Wildman–Crippen MR) is 46.1 cm³/mol. The monoisotopic (exact) mass is 178 g/mol. The summed E-state index contributed by atoms with van der Waals surface area (Å²) >= 11 is 0. The molecule has 0 amide bonds. The lowest BCUT2D eigenvalue weighted by atomic mass is 10.2. The van der Waals surface area contributed by atoms with Gasteiger partial charge >= 0.3 is 5.97 Å². The van der Waals surface area contributed by atoms with Crippen molar-refractivity contribution in [1.29, 1.82) is 0 Å². The summed E-state index contributed by atoms with van der Waals surface area (Å²) in [7, 11) is 0. The fraction of sp³-hybridized carbons (Fsp3) is 0. The molecule has 0 spiro atoms. The molecule has 0 saturated heterocycles. The van der Waals surface area contributed by atoms with Crippen molar-refractivity contribution in [1.82, 2.24) is 0 Å². The number of carboxylic acids is 1. The third-order valence-electron chi connectivity index (χ3n) is 1.65. The molecule has 1 aromatic rings. The average molecular weight is 178 g/mol. The van der Waals surface area contributed by atoms with E-state index in [0.717, 1.165) is 0 Å². The second-order valence-electron chi connectivity index (χ2n) is 2.48. The second kappa shape index (κ2) is 2.78. The topological polar surface area (TPSA) is 70.9 Å². The van der Waals surface area contributed by atoms with E-state index in [4.69, 9.17) is 9.84 Å². The van der Waals surface area contributed by atoms with Crippen LogP contribution in [0.1, 0.15) is 10.4 Å². The molecule has 0 unspecified atom stereocenters. The summed E-state index contributed by atoms with van der Waals surface area (Å²) in [4.78, 5) is 10.6. The van der Waals surface area contributed by atoms with E-state index in [1.165, 1.54) is 18.5 Å². The van der Waals surface area contributed by atoms with Gasteiger partial charge in [0.05, 0.1) is 11.3 Å². The molecule has 1 aromatic carbocycles. The molecular formula is C8H6N2O3. The first-order valence-electron chi connectivity index (χ1n) is 3.59. The van der Waals surface area contributed by atoms with Crippen molar-refractivity contribution < 1.29 is 14.6 Å². The Bertz CT molecular complexity index is 387. The number of rotatable bonds is 1. The molecule has 1 heterocycles. The van der Waals surface area contributed by atoms with Gasteiger partial charge in [-0.25, -0.2) is 4.79 Å². The van der Waals surface area contributed by atoms with Gasteiger partial charge < -0.3 is 9.84 Å². The number of hydrogen-bond donors (Lipinski definition) is 2. The largest absolute Gasteiger partial charge is 0.478 e. The molecule has 13 heavy (non-hydrogen) atoms. The SMILES string of the molecule is O=C(O)c1ccc2c(c1)OC=NN2. The van der Waals surface area contributed by atoms with Gasteiger partial charge in [-0.2, -0.15) is 0 Å². The number of nitrogens with zero attached hydrogens (tertiary/aromatic N) is 1. The van der Waals surface area contributed by atoms with Crippen LogP contribution in [0.4, 0.5) is 5.69 Å². The fourth-order valence-corrected chi connectivity index (χ4v) is 1.02. The van der Waals surface area contributed by atoms with Crippen LogP contribution in [-0.4, -0.2) is 17.5 Å². The van der Waals surface area contributed by atoms with Gasteiger partial charge in [0.1, 0.15) is 0 Å². The number of hydrogen-bond acceptors (Lipinski definition) is 4. The Kier molecular flexibility index (Phi) is 1.63. The normalized spacial score (nSPS) is 12.6. The summed E-state index contributed by atoms with van der Waals surface area (Å²) < 4.78 is 5.00. The quantitative estimate of drug-likeness (QED) is 0.676. The highest BCUT2D eigenvalue weighted by Gasteiger charge is 2.10. The van der Waals surface area contributed by atoms with Crippen LogP contribution < -0.4 is 10.2 Å². The van der Waals surface area contributed by atoms with Crippen LogP contribution in [0.2, 0.25) is 0 Å². The van der Waals surface area contributed by atoms with Gasteiger partial charge in [-0.1, -0.05) is 0 Å². The third-order valence-corrected chi connectivity index (χ3v) is 1.65. The van der Waals surface area contributed by atoms with Crippen molar-refractivity contribution in [3.8, 4) is 5.75 Å². The van der Waals surface area contributed by atoms with Crippen molar-refractivity contribution in [3.05, 3.63) is 23.8 Å². The Balaban J connectivity index is 2.44. The minimum Gasteiger partial charge on any atom is -0.478 e. The van der Waals surface area contributed by atoms with Crippen LogP contribution in [0.25, 0.3) is 0 Å². The van der Waals surface area contributed by atoms with Crippen LogP contribution >= 0.6 is 0 Å². The molecule has 0 saturated carbocycles. The van der Waals surface area contributed by atoms with Crippen LogP contribution in [-0.2, 0) is 0 Å². The summed E-state index contributed by atoms with van der Waals surface area (Å²) in [6, 6.07) is 4.53. The third kappa shape index (κ3) is 1.31. The summed E-state index contributed by atoms with van der Waals surface area (Å²) in [6.07, 6.45) is 1.22. The molecule has 1 aliphatic heterocycles. The second-order valence-corrected chi connectivity index (χ2v) is 2.48. The maximum atomic E-state index is 10.6. The van der Waals surface area contributed by atoms with E-state index in [-0.39, 0.29) is 5.56 Å². The smallest absolute Gasteiger partial charge is 0.335 e. The van der Waals surface area contributed by atoms with Crippen LogP contribution in [0.3, 0.4) is 0 Å². The Labute approximate surface area is 73.6 Å². The zero-order valence-corrected chi connectivity index (χ0v) is 6.52. The molecule has 66 valence electrons. The lowest BCUT2D eigenvalue weighted by Gasteiger charge is -2.11. The van der Waals surface area contributed by atoms with Crippen molar-refractivity contribution in [2.75, 3.05) is 5.43 Å². The van der Waals surface area contributed by atoms with Gasteiger partial charge in [-0.15, -0.1) is 5.10 Å². The van der Waals surface area contributed by atoms with E-state index in [0.29, 0.717) is 11.4 Å². The van der Waals surface area contributed by atoms with Gasteiger partial charge in [0.15, 0.2) is 12.2 Å². The zero-order valence-electron chi connectivity index (χ0n) is 6.52. The maximum absolute atomic E-state index is 10.6. The highest BCUT2D eigenvalue weighted by Crippen LogP contribution is 2.27. The molecule has 2 rings (SSSR count). The van der Waals surface area contributed by atoms with E-state index in [2.05, 4.69) is 10.5 Å². The standard InChI is InChI=1S/C8H6N2O3/c11-8(12)5-1-2-6-7(3-5)13-4-9-10-6/h1-4,10H,(H,11,12). The van der Waals surface area contributed by atoms with Crippen molar-refractivity contribution in [2.24, 2.45) is 5.10 Å². The number of nitrogens with one attached hydrogen (secondary N) is 1. The Morgan fingerprint density at radius 1 is 1.54 bits per heavy atom. The number of carboxylic acid groups (broad SMARTS) is 1. The van der Waals surface area contributed by atoms with Crippen molar-refractivity contribution in [2.45, 2.75) is 0 Å². The first kappa shape index (κ1) is 7.60. The van der Waals surface area contributed by atoms with Crippen molar-refractivity contribution in [3.63, 3.8) is 0 Å². The van der Waals surface area contributed by atoms with Crippen LogP contribution in [0, 0.1) is 0 Å². The summed E-state index contributed by atoms with van der Waals surface area (Å²) in [5.74, 6) is -0.510. The van der Waals surface area contributed by atoms with Gasteiger partial charge in [0.25, 0.3) is 0 Å².